The zero-order chi connectivity index (χ0) is 14.7. The van der Waals surface area contributed by atoms with Gasteiger partial charge in [-0.1, -0.05) is 0 Å². The fraction of sp³-hybridized carbons (Fsp3) is 0.267. The molecule has 0 fully saturated rings. The summed E-state index contributed by atoms with van der Waals surface area (Å²) in [4.78, 5) is 12.8. The van der Waals surface area contributed by atoms with Crippen LogP contribution in [0, 0.1) is 0 Å². The third kappa shape index (κ3) is 2.65. The van der Waals surface area contributed by atoms with Crippen molar-refractivity contribution in [2.75, 3.05) is 19.5 Å². The second-order valence-corrected chi connectivity index (χ2v) is 4.56. The van der Waals surface area contributed by atoms with E-state index in [1.165, 1.54) is 0 Å². The van der Waals surface area contributed by atoms with Crippen molar-refractivity contribution in [1.82, 2.24) is 9.97 Å². The lowest BCUT2D eigenvalue weighted by atomic mass is 10.2. The Kier molecular flexibility index (Phi) is 3.68. The van der Waals surface area contributed by atoms with Crippen molar-refractivity contribution in [2.24, 2.45) is 4.99 Å². The van der Waals surface area contributed by atoms with Crippen LogP contribution in [0.2, 0.25) is 0 Å². The van der Waals surface area contributed by atoms with Gasteiger partial charge in [-0.25, -0.2) is 9.97 Å². The maximum absolute atomic E-state index is 5.39. The molecule has 6 nitrogen and oxygen atoms in total. The molecule has 0 aliphatic carbocycles. The van der Waals surface area contributed by atoms with E-state index >= 15 is 0 Å². The first-order valence-electron chi connectivity index (χ1n) is 6.63. The van der Waals surface area contributed by atoms with E-state index in [9.17, 15) is 0 Å². The second kappa shape index (κ2) is 5.78. The molecule has 21 heavy (non-hydrogen) atoms. The Labute approximate surface area is 122 Å². The highest BCUT2D eigenvalue weighted by Crippen LogP contribution is 2.30. The van der Waals surface area contributed by atoms with Gasteiger partial charge in [0.25, 0.3) is 0 Å². The van der Waals surface area contributed by atoms with Gasteiger partial charge in [-0.05, 0) is 12.1 Å². The van der Waals surface area contributed by atoms with Crippen LogP contribution >= 0.6 is 0 Å². The summed E-state index contributed by atoms with van der Waals surface area (Å²) in [6.07, 6.45) is 4.16. The molecule has 0 saturated heterocycles. The lowest BCUT2D eigenvalue weighted by molar-refractivity contribution is 0.391. The van der Waals surface area contributed by atoms with Crippen molar-refractivity contribution in [3.8, 4) is 11.5 Å². The molecular formula is C15H16N4O2. The first-order chi connectivity index (χ1) is 10.3. The minimum Gasteiger partial charge on any atom is -0.497 e. The van der Waals surface area contributed by atoms with Gasteiger partial charge in [-0.15, -0.1) is 0 Å². The predicted octanol–water partition coefficient (Wildman–Crippen LogP) is 2.36. The lowest BCUT2D eigenvalue weighted by Gasteiger charge is -2.12. The zero-order valence-corrected chi connectivity index (χ0v) is 12.0. The number of aliphatic imine (C=N–C) groups is 1. The smallest absolute Gasteiger partial charge is 0.155 e. The summed E-state index contributed by atoms with van der Waals surface area (Å²) >= 11 is 0. The van der Waals surface area contributed by atoms with Crippen LogP contribution < -0.4 is 14.8 Å². The quantitative estimate of drug-likeness (QED) is 0.912. The van der Waals surface area contributed by atoms with E-state index in [-0.39, 0.29) is 0 Å². The van der Waals surface area contributed by atoms with E-state index in [0.717, 1.165) is 40.7 Å². The predicted molar refractivity (Wildman–Crippen MR) is 80.8 cm³/mol. The molecule has 1 aromatic carbocycles. The molecule has 0 bridgehead atoms. The van der Waals surface area contributed by atoms with E-state index in [2.05, 4.69) is 20.3 Å². The highest BCUT2D eigenvalue weighted by Gasteiger charge is 2.14. The fourth-order valence-electron chi connectivity index (χ4n) is 2.23. The van der Waals surface area contributed by atoms with Gasteiger partial charge in [0.15, 0.2) is 5.82 Å². The summed E-state index contributed by atoms with van der Waals surface area (Å²) in [5.74, 6) is 2.28. The monoisotopic (exact) mass is 284 g/mol. The maximum Gasteiger partial charge on any atom is 0.155 e. The summed E-state index contributed by atoms with van der Waals surface area (Å²) in [7, 11) is 3.28. The van der Waals surface area contributed by atoms with Gasteiger partial charge >= 0.3 is 0 Å². The molecule has 0 atom stereocenters. The highest BCUT2D eigenvalue weighted by atomic mass is 16.5. The normalized spacial score (nSPS) is 12.1. The van der Waals surface area contributed by atoms with Crippen LogP contribution in [0.3, 0.4) is 0 Å². The third-order valence-electron chi connectivity index (χ3n) is 3.34. The van der Waals surface area contributed by atoms with Gasteiger partial charge in [-0.2, -0.15) is 0 Å². The molecular weight excluding hydrogens is 268 g/mol. The number of hydrogen-bond acceptors (Lipinski definition) is 6. The topological polar surface area (TPSA) is 68.6 Å². The van der Waals surface area contributed by atoms with Crippen LogP contribution in [-0.4, -0.2) is 30.4 Å². The van der Waals surface area contributed by atoms with Crippen LogP contribution in [0.1, 0.15) is 11.3 Å². The molecule has 1 aliphatic rings. The molecule has 0 radical (unpaired) electrons. The molecule has 1 aromatic heterocycles. The van der Waals surface area contributed by atoms with Crippen molar-refractivity contribution in [3.05, 3.63) is 35.8 Å². The lowest BCUT2D eigenvalue weighted by Crippen LogP contribution is -2.04. The maximum atomic E-state index is 5.39. The van der Waals surface area contributed by atoms with Gasteiger partial charge < -0.3 is 14.8 Å². The number of benzene rings is 1. The van der Waals surface area contributed by atoms with Gasteiger partial charge in [0.05, 0.1) is 19.9 Å². The van der Waals surface area contributed by atoms with Crippen molar-refractivity contribution >= 4 is 17.7 Å². The Balaban J connectivity index is 1.79. The van der Waals surface area contributed by atoms with Crippen LogP contribution in [0.5, 0.6) is 11.5 Å². The highest BCUT2D eigenvalue weighted by molar-refractivity contribution is 5.80. The average molecular weight is 284 g/mol. The number of fused-ring (bicyclic) bond motifs is 1. The minimum atomic E-state index is 0.589. The minimum absolute atomic E-state index is 0.589. The molecule has 1 aliphatic heterocycles. The standard InChI is InChI=1S/C15H16N4O2/c1-20-11-4-3-10(13(7-11)21-2)8-17-15-14-12(5-6-16-14)18-9-19-15/h3-4,6-7,9H,5,8H2,1-2H3,(H,17,18,19). The Hall–Kier alpha value is -2.63. The van der Waals surface area contributed by atoms with E-state index < -0.39 is 0 Å². The van der Waals surface area contributed by atoms with Gasteiger partial charge in [-0.3, -0.25) is 4.99 Å². The molecule has 108 valence electrons. The number of aromatic nitrogens is 2. The zero-order valence-electron chi connectivity index (χ0n) is 12.0. The third-order valence-corrected chi connectivity index (χ3v) is 3.34. The number of hydrogen-bond donors (Lipinski definition) is 1. The number of methoxy groups -OCH3 is 2. The largest absolute Gasteiger partial charge is 0.497 e. The Bertz CT molecular complexity index is 685. The van der Waals surface area contributed by atoms with Crippen LogP contribution in [0.15, 0.2) is 29.5 Å². The molecule has 3 rings (SSSR count). The molecule has 1 N–H and O–H groups in total. The molecule has 0 amide bonds. The van der Waals surface area contributed by atoms with Crippen molar-refractivity contribution < 1.29 is 9.47 Å². The summed E-state index contributed by atoms with van der Waals surface area (Å²) in [5, 5.41) is 3.29. The number of rotatable bonds is 5. The average Bonchev–Trinajstić information content (AvgIpc) is 3.01. The number of nitrogens with zero attached hydrogens (tertiary/aromatic N) is 3. The van der Waals surface area contributed by atoms with E-state index in [1.54, 1.807) is 20.5 Å². The van der Waals surface area contributed by atoms with Gasteiger partial charge in [0.2, 0.25) is 0 Å². The van der Waals surface area contributed by atoms with Crippen LogP contribution in [0.25, 0.3) is 0 Å². The molecule has 0 saturated carbocycles. The first-order valence-corrected chi connectivity index (χ1v) is 6.63. The molecule has 0 spiro atoms. The van der Waals surface area contributed by atoms with Gasteiger partial charge in [0.1, 0.15) is 23.5 Å². The summed E-state index contributed by atoms with van der Waals surface area (Å²) in [6.45, 7) is 0.589. The van der Waals surface area contributed by atoms with E-state index in [4.69, 9.17) is 9.47 Å². The van der Waals surface area contributed by atoms with Crippen LogP contribution in [0.4, 0.5) is 11.5 Å². The Morgan fingerprint density at radius 2 is 2.10 bits per heavy atom. The SMILES string of the molecule is COc1ccc(CNc2ncnc3c2N=CC3)c(OC)c1. The van der Waals surface area contributed by atoms with Gasteiger partial charge in [0, 0.05) is 30.8 Å². The Morgan fingerprint density at radius 1 is 1.19 bits per heavy atom. The molecule has 0 unspecified atom stereocenters. The first kappa shape index (κ1) is 13.4. The van der Waals surface area contributed by atoms with Crippen molar-refractivity contribution in [1.29, 1.82) is 0 Å². The van der Waals surface area contributed by atoms with Crippen LogP contribution in [-0.2, 0) is 13.0 Å². The number of ether oxygens (including phenoxy) is 2. The van der Waals surface area contributed by atoms with Crippen molar-refractivity contribution in [3.63, 3.8) is 0 Å². The van der Waals surface area contributed by atoms with Crippen molar-refractivity contribution in [2.45, 2.75) is 13.0 Å². The molecule has 2 heterocycles. The molecule has 2 aromatic rings. The summed E-state index contributed by atoms with van der Waals surface area (Å²) < 4.78 is 10.6. The summed E-state index contributed by atoms with van der Waals surface area (Å²) in [5.41, 5.74) is 2.80. The number of anilines is 1. The number of nitrogens with one attached hydrogen (secondary N) is 1. The summed E-state index contributed by atoms with van der Waals surface area (Å²) in [6, 6.07) is 5.73. The molecule has 6 heteroatoms. The Morgan fingerprint density at radius 3 is 2.90 bits per heavy atom. The van der Waals surface area contributed by atoms with E-state index in [1.807, 2.05) is 24.4 Å². The fourth-order valence-corrected chi connectivity index (χ4v) is 2.23. The van der Waals surface area contributed by atoms with E-state index in [0.29, 0.717) is 6.54 Å². The second-order valence-electron chi connectivity index (χ2n) is 4.56.